The molecular weight excluding hydrogens is 352 g/mol. The molecule has 25 heavy (non-hydrogen) atoms. The van der Waals surface area contributed by atoms with E-state index in [1.54, 1.807) is 6.92 Å². The Bertz CT molecular complexity index is 739. The van der Waals surface area contributed by atoms with E-state index in [0.29, 0.717) is 24.6 Å². The van der Waals surface area contributed by atoms with Gasteiger partial charge in [-0.05, 0) is 41.8 Å². The van der Waals surface area contributed by atoms with Crippen LogP contribution in [0, 0.1) is 0 Å². The summed E-state index contributed by atoms with van der Waals surface area (Å²) in [7, 11) is 0. The highest BCUT2D eigenvalue weighted by molar-refractivity contribution is 8.28. The lowest BCUT2D eigenvalue weighted by Gasteiger charge is -2.08. The number of carbonyl (C=O) groups excluding carboxylic acids is 3. The van der Waals surface area contributed by atoms with Gasteiger partial charge in [0.15, 0.2) is 10.2 Å². The third-order valence-electron chi connectivity index (χ3n) is 3.56. The second-order valence-corrected chi connectivity index (χ2v) is 8.19. The fraction of sp³-hybridized carbons (Fsp3) is 0.250. The maximum absolute atomic E-state index is 12.0. The Morgan fingerprint density at radius 2 is 1.52 bits per heavy atom. The fourth-order valence-corrected chi connectivity index (χ4v) is 3.72. The van der Waals surface area contributed by atoms with E-state index in [0.717, 1.165) is 28.5 Å². The van der Waals surface area contributed by atoms with Gasteiger partial charge in [0.05, 0.1) is 5.25 Å². The molecule has 2 aromatic rings. The van der Waals surface area contributed by atoms with Gasteiger partial charge in [-0.15, -0.1) is 0 Å². The van der Waals surface area contributed by atoms with Crippen LogP contribution in [0.25, 0.3) is 11.1 Å². The van der Waals surface area contributed by atoms with E-state index in [1.165, 1.54) is 6.92 Å². The first kappa shape index (κ1) is 19.5. The highest BCUT2D eigenvalue weighted by atomic mass is 32.2. The summed E-state index contributed by atoms with van der Waals surface area (Å²) >= 11 is 1.68. The van der Waals surface area contributed by atoms with Crippen LogP contribution in [0.15, 0.2) is 54.6 Å². The molecule has 130 valence electrons. The molecule has 0 spiro atoms. The Balaban J connectivity index is 1.83. The van der Waals surface area contributed by atoms with Crippen LogP contribution in [0.1, 0.15) is 25.8 Å². The van der Waals surface area contributed by atoms with Crippen LogP contribution in [0.4, 0.5) is 0 Å². The molecule has 0 aliphatic carbocycles. The SMILES string of the molecule is CC(=O)SC(=O)C(C)SC(=O)CCc1ccc(-c2ccccc2)cc1. The molecule has 0 amide bonds. The fourth-order valence-electron chi connectivity index (χ4n) is 2.27. The topological polar surface area (TPSA) is 51.2 Å². The summed E-state index contributed by atoms with van der Waals surface area (Å²) in [5.41, 5.74) is 3.40. The van der Waals surface area contributed by atoms with Gasteiger partial charge < -0.3 is 0 Å². The first-order valence-electron chi connectivity index (χ1n) is 8.02. The highest BCUT2D eigenvalue weighted by Crippen LogP contribution is 2.23. The third-order valence-corrected chi connectivity index (χ3v) is 5.59. The Hall–Kier alpha value is -1.85. The van der Waals surface area contributed by atoms with Crippen molar-refractivity contribution in [3.8, 4) is 11.1 Å². The van der Waals surface area contributed by atoms with Crippen LogP contribution >= 0.6 is 23.5 Å². The predicted octanol–water partition coefficient (Wildman–Crippen LogP) is 4.74. The molecule has 0 aliphatic heterocycles. The lowest BCUT2D eigenvalue weighted by molar-refractivity contribution is -0.113. The summed E-state index contributed by atoms with van der Waals surface area (Å²) in [5, 5.41) is -1.04. The summed E-state index contributed by atoms with van der Waals surface area (Å²) in [6.45, 7) is 3.01. The number of thioether (sulfide) groups is 2. The zero-order valence-corrected chi connectivity index (χ0v) is 15.9. The highest BCUT2D eigenvalue weighted by Gasteiger charge is 2.19. The molecule has 2 aromatic carbocycles. The maximum Gasteiger partial charge on any atom is 0.209 e. The zero-order chi connectivity index (χ0) is 18.2. The number of hydrogen-bond acceptors (Lipinski definition) is 5. The average molecular weight is 373 g/mol. The minimum Gasteiger partial charge on any atom is -0.287 e. The molecule has 5 heteroatoms. The van der Waals surface area contributed by atoms with Gasteiger partial charge in [0.25, 0.3) is 0 Å². The van der Waals surface area contributed by atoms with Crippen LogP contribution in [0.3, 0.4) is 0 Å². The van der Waals surface area contributed by atoms with Crippen molar-refractivity contribution in [2.45, 2.75) is 31.9 Å². The van der Waals surface area contributed by atoms with Gasteiger partial charge in [-0.3, -0.25) is 14.4 Å². The number of carbonyl (C=O) groups is 3. The number of hydrogen-bond donors (Lipinski definition) is 0. The first-order chi connectivity index (χ1) is 12.0. The Morgan fingerprint density at radius 1 is 0.920 bits per heavy atom. The van der Waals surface area contributed by atoms with E-state index in [2.05, 4.69) is 24.3 Å². The molecule has 0 aromatic heterocycles. The van der Waals surface area contributed by atoms with E-state index >= 15 is 0 Å². The van der Waals surface area contributed by atoms with Gasteiger partial charge in [-0.1, -0.05) is 66.4 Å². The summed E-state index contributed by atoms with van der Waals surface area (Å²) < 4.78 is 0. The van der Waals surface area contributed by atoms with Crippen molar-refractivity contribution < 1.29 is 14.4 Å². The van der Waals surface area contributed by atoms with Gasteiger partial charge in [0.2, 0.25) is 5.12 Å². The molecule has 0 saturated carbocycles. The molecule has 3 nitrogen and oxygen atoms in total. The van der Waals surface area contributed by atoms with E-state index in [4.69, 9.17) is 0 Å². The molecule has 0 aliphatic rings. The van der Waals surface area contributed by atoms with Crippen LogP contribution in [-0.2, 0) is 20.8 Å². The Morgan fingerprint density at radius 3 is 2.12 bits per heavy atom. The van der Waals surface area contributed by atoms with Crippen LogP contribution in [0.2, 0.25) is 0 Å². The van der Waals surface area contributed by atoms with Crippen molar-refractivity contribution in [1.82, 2.24) is 0 Å². The largest absolute Gasteiger partial charge is 0.287 e. The van der Waals surface area contributed by atoms with Crippen molar-refractivity contribution in [1.29, 1.82) is 0 Å². The second-order valence-electron chi connectivity index (χ2n) is 5.61. The molecule has 0 fully saturated rings. The Kier molecular flexibility index (Phi) is 7.47. The molecule has 0 N–H and O–H groups in total. The lowest BCUT2D eigenvalue weighted by atomic mass is 10.0. The van der Waals surface area contributed by atoms with Crippen molar-refractivity contribution in [2.75, 3.05) is 0 Å². The van der Waals surface area contributed by atoms with E-state index < -0.39 is 5.25 Å². The maximum atomic E-state index is 12.0. The average Bonchev–Trinajstić information content (AvgIpc) is 2.60. The molecule has 0 bridgehead atoms. The molecule has 0 heterocycles. The second kappa shape index (κ2) is 9.59. The first-order valence-corrected chi connectivity index (χ1v) is 9.71. The van der Waals surface area contributed by atoms with E-state index in [1.807, 2.05) is 30.3 Å². The summed E-state index contributed by atoms with van der Waals surface area (Å²) in [6.07, 6.45) is 1.01. The van der Waals surface area contributed by atoms with Crippen LogP contribution in [0.5, 0.6) is 0 Å². The van der Waals surface area contributed by atoms with Crippen molar-refractivity contribution in [3.05, 3.63) is 60.2 Å². The van der Waals surface area contributed by atoms with Crippen LogP contribution < -0.4 is 0 Å². The molecule has 2 rings (SSSR count). The molecule has 1 unspecified atom stereocenters. The predicted molar refractivity (Wildman–Crippen MR) is 106 cm³/mol. The van der Waals surface area contributed by atoms with Gasteiger partial charge in [-0.2, -0.15) is 0 Å². The quantitative estimate of drug-likeness (QED) is 0.733. The number of benzene rings is 2. The van der Waals surface area contributed by atoms with Gasteiger partial charge >= 0.3 is 0 Å². The molecule has 1 atom stereocenters. The molecule has 0 saturated heterocycles. The summed E-state index contributed by atoms with van der Waals surface area (Å²) in [6, 6.07) is 18.3. The van der Waals surface area contributed by atoms with Crippen molar-refractivity contribution in [3.63, 3.8) is 0 Å². The lowest BCUT2D eigenvalue weighted by Crippen LogP contribution is -2.13. The Labute approximate surface area is 156 Å². The van der Waals surface area contributed by atoms with Gasteiger partial charge in [0.1, 0.15) is 0 Å². The monoisotopic (exact) mass is 372 g/mol. The zero-order valence-electron chi connectivity index (χ0n) is 14.2. The number of aryl methyl sites for hydroxylation is 1. The standard InChI is InChI=1S/C20H20O3S2/c1-14(20(23)25-15(2)21)24-19(22)13-10-16-8-11-18(12-9-16)17-6-4-3-5-7-17/h3-9,11-12,14H,10,13H2,1-2H3. The minimum atomic E-state index is -0.498. The van der Waals surface area contributed by atoms with Crippen LogP contribution in [-0.4, -0.2) is 20.6 Å². The number of rotatable bonds is 6. The minimum absolute atomic E-state index is 0.0304. The van der Waals surface area contributed by atoms with Crippen molar-refractivity contribution in [2.24, 2.45) is 0 Å². The smallest absolute Gasteiger partial charge is 0.209 e. The molecule has 0 radical (unpaired) electrons. The third kappa shape index (κ3) is 6.52. The van der Waals surface area contributed by atoms with E-state index in [9.17, 15) is 14.4 Å². The van der Waals surface area contributed by atoms with Gasteiger partial charge in [-0.25, -0.2) is 0 Å². The van der Waals surface area contributed by atoms with E-state index in [-0.39, 0.29) is 15.3 Å². The van der Waals surface area contributed by atoms with Gasteiger partial charge in [0, 0.05) is 13.3 Å². The summed E-state index contributed by atoms with van der Waals surface area (Å²) in [4.78, 5) is 34.7. The normalized spacial score (nSPS) is 11.8. The molecular formula is C20H20O3S2. The summed E-state index contributed by atoms with van der Waals surface area (Å²) in [5.74, 6) is 0. The van der Waals surface area contributed by atoms with Crippen molar-refractivity contribution >= 4 is 38.9 Å².